The molecule has 0 aliphatic rings. The Labute approximate surface area is 489 Å². The Balaban J connectivity index is 0.995. The van der Waals surface area contributed by atoms with Crippen LogP contribution in [0.3, 0.4) is 0 Å². The second kappa shape index (κ2) is 20.6. The van der Waals surface area contributed by atoms with E-state index in [2.05, 4.69) is 328 Å². The Morgan fingerprint density at radius 2 is 0.369 bits per heavy atom. The van der Waals surface area contributed by atoms with Crippen molar-refractivity contribution in [1.82, 2.24) is 0 Å². The quantitative estimate of drug-likeness (QED) is 0.120. The van der Waals surface area contributed by atoms with E-state index in [-0.39, 0.29) is 0 Å². The third-order valence-electron chi connectivity index (χ3n) is 17.4. The predicted octanol–water partition coefficient (Wildman–Crippen LogP) is 23.6. The van der Waals surface area contributed by atoms with Crippen LogP contribution in [0.1, 0.15) is 0 Å². The van der Waals surface area contributed by atoms with E-state index >= 15 is 0 Å². The zero-order chi connectivity index (χ0) is 55.5. The van der Waals surface area contributed by atoms with E-state index in [0.29, 0.717) is 0 Å². The Bertz CT molecular complexity index is 4660. The lowest BCUT2D eigenvalue weighted by Crippen LogP contribution is -1.95. The lowest BCUT2D eigenvalue weighted by Gasteiger charge is -2.22. The van der Waals surface area contributed by atoms with Crippen molar-refractivity contribution in [3.8, 4) is 111 Å². The van der Waals surface area contributed by atoms with Gasteiger partial charge in [0.05, 0.1) is 0 Å². The van der Waals surface area contributed by atoms with Gasteiger partial charge in [0.1, 0.15) is 0 Å². The molecule has 0 unspecified atom stereocenters. The number of benzene rings is 16. The summed E-state index contributed by atoms with van der Waals surface area (Å²) < 4.78 is 0. The fourth-order valence-electron chi connectivity index (χ4n) is 13.3. The molecule has 0 aliphatic heterocycles. The normalized spacial score (nSPS) is 11.6. The Hall–Kier alpha value is -10.9. The van der Waals surface area contributed by atoms with Crippen molar-refractivity contribution >= 4 is 53.9 Å². The first-order valence-corrected chi connectivity index (χ1v) is 29.1. The van der Waals surface area contributed by atoms with E-state index in [1.807, 2.05) is 0 Å². The highest BCUT2D eigenvalue weighted by Gasteiger charge is 2.23. The monoisotopic (exact) mass is 1060 g/mol. The first kappa shape index (κ1) is 48.9. The van der Waals surface area contributed by atoms with Crippen LogP contribution in [-0.4, -0.2) is 0 Å². The van der Waals surface area contributed by atoms with Gasteiger partial charge in [-0.2, -0.15) is 0 Å². The molecule has 16 rings (SSSR count). The van der Waals surface area contributed by atoms with Crippen molar-refractivity contribution in [1.29, 1.82) is 0 Å². The Morgan fingerprint density at radius 1 is 0.119 bits per heavy atom. The summed E-state index contributed by atoms with van der Waals surface area (Å²) >= 11 is 0. The van der Waals surface area contributed by atoms with Gasteiger partial charge in [-0.3, -0.25) is 0 Å². The van der Waals surface area contributed by atoms with Crippen molar-refractivity contribution in [2.24, 2.45) is 0 Å². The second-order valence-corrected chi connectivity index (χ2v) is 22.3. The Kier molecular flexibility index (Phi) is 12.0. The van der Waals surface area contributed by atoms with Gasteiger partial charge in [0.15, 0.2) is 0 Å². The van der Waals surface area contributed by atoms with Crippen molar-refractivity contribution in [2.75, 3.05) is 0 Å². The van der Waals surface area contributed by atoms with Crippen molar-refractivity contribution in [3.63, 3.8) is 0 Å². The maximum absolute atomic E-state index is 2.48. The number of hydrogen-bond acceptors (Lipinski definition) is 0. The molecule has 390 valence electrons. The molecule has 0 fully saturated rings. The largest absolute Gasteiger partial charge is 0.0622 e. The first-order valence-electron chi connectivity index (χ1n) is 29.1. The highest BCUT2D eigenvalue weighted by atomic mass is 14.3. The molecule has 0 saturated carbocycles. The summed E-state index contributed by atoms with van der Waals surface area (Å²) in [4.78, 5) is 0. The van der Waals surface area contributed by atoms with Crippen LogP contribution in [0.25, 0.3) is 165 Å². The lowest BCUT2D eigenvalue weighted by molar-refractivity contribution is 1.57. The molecule has 0 heteroatoms. The van der Waals surface area contributed by atoms with Crippen LogP contribution in [-0.2, 0) is 0 Å². The average Bonchev–Trinajstić information content (AvgIpc) is 1.09. The molecule has 0 bridgehead atoms. The zero-order valence-electron chi connectivity index (χ0n) is 46.2. The van der Waals surface area contributed by atoms with Gasteiger partial charge < -0.3 is 0 Å². The van der Waals surface area contributed by atoms with Crippen molar-refractivity contribution < 1.29 is 0 Å². The van der Waals surface area contributed by atoms with Gasteiger partial charge >= 0.3 is 0 Å². The van der Waals surface area contributed by atoms with E-state index in [4.69, 9.17) is 0 Å². The van der Waals surface area contributed by atoms with E-state index in [1.54, 1.807) is 0 Å². The molecular weight excluding hydrogens is 1010 g/mol. The van der Waals surface area contributed by atoms with E-state index in [9.17, 15) is 0 Å². The molecule has 0 nitrogen and oxygen atoms in total. The summed E-state index contributed by atoms with van der Waals surface area (Å²) in [6, 6.07) is 122. The predicted molar refractivity (Wildman–Crippen MR) is 360 cm³/mol. The molecule has 0 amide bonds. The van der Waals surface area contributed by atoms with E-state index < -0.39 is 0 Å². The smallest absolute Gasteiger partial charge is 0.00139 e. The van der Waals surface area contributed by atoms with Crippen LogP contribution >= 0.6 is 0 Å². The lowest BCUT2D eigenvalue weighted by atomic mass is 9.81. The van der Waals surface area contributed by atoms with E-state index in [0.717, 1.165) is 0 Å². The standard InChI is InChI=1S/C84H54/c1-5-19-55(20-6-1)65-47-66(56-21-7-2-8-22-56)50-69(49-65)81-53-79(63-39-35-61(36-40-63)73-33-17-29-59-27-13-15-31-71(59)73)75-44-46-78-82(70-51-67(57-23-9-3-10-24-57)48-68(52-70)58-25-11-4-12-26-58)54-80(76-43-45-77(81)83(75)84(76)78)64-41-37-62(38-42-64)74-34-18-30-60-28-14-16-32-72(60)74/h1-54H. The maximum Gasteiger partial charge on any atom is -0.00139 e. The van der Waals surface area contributed by atoms with Crippen LogP contribution in [0.2, 0.25) is 0 Å². The zero-order valence-corrected chi connectivity index (χ0v) is 46.2. The van der Waals surface area contributed by atoms with Gasteiger partial charge in [0.2, 0.25) is 0 Å². The van der Waals surface area contributed by atoms with Crippen LogP contribution in [0, 0.1) is 0 Å². The van der Waals surface area contributed by atoms with Gasteiger partial charge in [0, 0.05) is 0 Å². The summed E-state index contributed by atoms with van der Waals surface area (Å²) in [5.41, 5.74) is 23.8. The molecule has 0 aliphatic carbocycles. The molecule has 84 heavy (non-hydrogen) atoms. The molecular formula is C84H54. The SMILES string of the molecule is c1ccc(-c2cc(-c3ccccc3)cc(-c3cc(-c4ccc(-c5cccc6ccccc56)cc4)c4ccc5c(-c6cc(-c7ccccc7)cc(-c7ccccc7)c6)cc(-c6ccc(-c7cccc8ccccc78)cc6)c6ccc3c4c65)c2)cc1. The summed E-state index contributed by atoms with van der Waals surface area (Å²) in [5.74, 6) is 0. The van der Waals surface area contributed by atoms with Crippen molar-refractivity contribution in [3.05, 3.63) is 328 Å². The number of fused-ring (bicyclic) bond motifs is 2. The molecule has 0 aromatic heterocycles. The van der Waals surface area contributed by atoms with Gasteiger partial charge in [-0.05, 0) is 214 Å². The van der Waals surface area contributed by atoms with Gasteiger partial charge in [0.25, 0.3) is 0 Å². The highest BCUT2D eigenvalue weighted by molar-refractivity contribution is 6.32. The maximum atomic E-state index is 2.48. The molecule has 16 aromatic carbocycles. The van der Waals surface area contributed by atoms with Crippen LogP contribution < -0.4 is 0 Å². The molecule has 0 spiro atoms. The number of rotatable bonds is 10. The minimum atomic E-state index is 1.17. The van der Waals surface area contributed by atoms with Crippen molar-refractivity contribution in [2.45, 2.75) is 0 Å². The molecule has 0 atom stereocenters. The minimum Gasteiger partial charge on any atom is -0.0622 e. The van der Waals surface area contributed by atoms with Crippen LogP contribution in [0.4, 0.5) is 0 Å². The molecule has 0 saturated heterocycles. The summed E-state index contributed by atoms with van der Waals surface area (Å²) in [5, 5.41) is 12.4. The third kappa shape index (κ3) is 8.63. The summed E-state index contributed by atoms with van der Waals surface area (Å²) in [7, 11) is 0. The average molecular weight is 1060 g/mol. The third-order valence-corrected chi connectivity index (χ3v) is 17.4. The van der Waals surface area contributed by atoms with Crippen LogP contribution in [0.5, 0.6) is 0 Å². The van der Waals surface area contributed by atoms with Crippen LogP contribution in [0.15, 0.2) is 328 Å². The first-order chi connectivity index (χ1) is 41.6. The second-order valence-electron chi connectivity index (χ2n) is 22.3. The van der Waals surface area contributed by atoms with Gasteiger partial charge in [-0.15, -0.1) is 0 Å². The van der Waals surface area contributed by atoms with Gasteiger partial charge in [-0.25, -0.2) is 0 Å². The molecule has 0 N–H and O–H groups in total. The Morgan fingerprint density at radius 3 is 0.690 bits per heavy atom. The summed E-state index contributed by atoms with van der Waals surface area (Å²) in [6.45, 7) is 0. The fraction of sp³-hybridized carbons (Fsp3) is 0. The molecule has 0 radical (unpaired) electrons. The summed E-state index contributed by atoms with van der Waals surface area (Å²) in [6.07, 6.45) is 0. The fourth-order valence-corrected chi connectivity index (χ4v) is 13.3. The van der Waals surface area contributed by atoms with E-state index in [1.165, 1.54) is 165 Å². The highest BCUT2D eigenvalue weighted by Crippen LogP contribution is 2.50. The molecule has 0 heterocycles. The minimum absolute atomic E-state index is 1.17. The molecule has 16 aromatic rings. The topological polar surface area (TPSA) is 0 Å². The number of hydrogen-bond donors (Lipinski definition) is 0. The van der Waals surface area contributed by atoms with Gasteiger partial charge in [-0.1, -0.05) is 279 Å².